The molecule has 1 atom stereocenters. The molecule has 25 heavy (non-hydrogen) atoms. The molecule has 0 aromatic carbocycles. The molecule has 7 heteroatoms. The zero-order chi connectivity index (χ0) is 17.2. The van der Waals surface area contributed by atoms with E-state index >= 15 is 0 Å². The van der Waals surface area contributed by atoms with Crippen molar-refractivity contribution in [3.63, 3.8) is 0 Å². The highest BCUT2D eigenvalue weighted by atomic mass is 35.5. The third-order valence-electron chi connectivity index (χ3n) is 4.67. The molecule has 2 aliphatic rings. The van der Waals surface area contributed by atoms with Crippen LogP contribution in [0, 0.1) is 0 Å². The van der Waals surface area contributed by atoms with Gasteiger partial charge in [0.05, 0.1) is 6.54 Å². The van der Waals surface area contributed by atoms with Crippen molar-refractivity contribution in [1.82, 2.24) is 9.88 Å². The van der Waals surface area contributed by atoms with E-state index in [0.29, 0.717) is 13.1 Å². The Morgan fingerprint density at radius 2 is 2.08 bits per heavy atom. The standard InChI is InChI=1S/C18H20ClN3O3/c19-16-6-5-15(25-16)18(23)22-11-7-13(12-22)24-14-4-3-8-20-17(14)21-9-1-2-10-21/h3-6,8,13H,1-2,7,9-12H2/t13-/m1/s1. The van der Waals surface area contributed by atoms with Crippen LogP contribution in [0.15, 0.2) is 34.9 Å². The van der Waals surface area contributed by atoms with Gasteiger partial charge in [-0.3, -0.25) is 4.79 Å². The number of rotatable bonds is 4. The number of aromatic nitrogens is 1. The fourth-order valence-electron chi connectivity index (χ4n) is 3.41. The molecular weight excluding hydrogens is 342 g/mol. The first-order valence-corrected chi connectivity index (χ1v) is 9.00. The minimum absolute atomic E-state index is 0.0417. The number of amides is 1. The number of likely N-dealkylation sites (tertiary alicyclic amines) is 1. The number of halogens is 1. The Kier molecular flexibility index (Phi) is 4.53. The third-order valence-corrected chi connectivity index (χ3v) is 4.87. The summed E-state index contributed by atoms with van der Waals surface area (Å²) in [6, 6.07) is 7.03. The quantitative estimate of drug-likeness (QED) is 0.836. The smallest absolute Gasteiger partial charge is 0.289 e. The van der Waals surface area contributed by atoms with E-state index in [1.165, 1.54) is 12.8 Å². The number of hydrogen-bond acceptors (Lipinski definition) is 5. The van der Waals surface area contributed by atoms with Crippen molar-refractivity contribution in [3.8, 4) is 5.75 Å². The van der Waals surface area contributed by atoms with Crippen LogP contribution in [-0.2, 0) is 0 Å². The second kappa shape index (κ2) is 6.96. The van der Waals surface area contributed by atoms with Crippen LogP contribution in [0.25, 0.3) is 0 Å². The molecule has 0 bridgehead atoms. The zero-order valence-electron chi connectivity index (χ0n) is 13.9. The summed E-state index contributed by atoms with van der Waals surface area (Å²) >= 11 is 5.75. The SMILES string of the molecule is O=C(c1ccc(Cl)o1)N1CC[C@@H](Oc2cccnc2N2CCCC2)C1. The number of nitrogens with zero attached hydrogens (tertiary/aromatic N) is 3. The molecule has 4 rings (SSSR count). The van der Waals surface area contributed by atoms with E-state index in [2.05, 4.69) is 9.88 Å². The molecule has 2 saturated heterocycles. The fourth-order valence-corrected chi connectivity index (χ4v) is 3.56. The van der Waals surface area contributed by atoms with Gasteiger partial charge in [-0.25, -0.2) is 4.98 Å². The Labute approximate surface area is 151 Å². The van der Waals surface area contributed by atoms with Gasteiger partial charge >= 0.3 is 0 Å². The first-order valence-electron chi connectivity index (χ1n) is 8.62. The van der Waals surface area contributed by atoms with Gasteiger partial charge in [0.25, 0.3) is 5.91 Å². The van der Waals surface area contributed by atoms with Crippen LogP contribution >= 0.6 is 11.6 Å². The molecule has 6 nitrogen and oxygen atoms in total. The Bertz CT molecular complexity index is 758. The molecule has 2 aromatic heterocycles. The van der Waals surface area contributed by atoms with Gasteiger partial charge in [-0.2, -0.15) is 0 Å². The summed E-state index contributed by atoms with van der Waals surface area (Å²) in [5, 5.41) is 0.223. The van der Waals surface area contributed by atoms with Crippen LogP contribution in [0.2, 0.25) is 5.22 Å². The van der Waals surface area contributed by atoms with Crippen molar-refractivity contribution in [2.24, 2.45) is 0 Å². The summed E-state index contributed by atoms with van der Waals surface area (Å²) in [5.41, 5.74) is 0. The highest BCUT2D eigenvalue weighted by Crippen LogP contribution is 2.30. The van der Waals surface area contributed by atoms with E-state index in [1.807, 2.05) is 12.1 Å². The molecule has 0 radical (unpaired) electrons. The lowest BCUT2D eigenvalue weighted by molar-refractivity contribution is 0.0741. The Morgan fingerprint density at radius 1 is 1.24 bits per heavy atom. The number of carbonyl (C=O) groups is 1. The number of furan rings is 1. The topological polar surface area (TPSA) is 58.8 Å². The van der Waals surface area contributed by atoms with Crippen LogP contribution in [0.4, 0.5) is 5.82 Å². The van der Waals surface area contributed by atoms with E-state index in [0.717, 1.165) is 31.1 Å². The molecule has 0 spiro atoms. The number of pyridine rings is 1. The van der Waals surface area contributed by atoms with Crippen molar-refractivity contribution >= 4 is 23.3 Å². The lowest BCUT2D eigenvalue weighted by Gasteiger charge is -2.22. The van der Waals surface area contributed by atoms with Gasteiger partial charge in [0, 0.05) is 32.3 Å². The largest absolute Gasteiger partial charge is 0.485 e. The van der Waals surface area contributed by atoms with Crippen molar-refractivity contribution in [2.75, 3.05) is 31.1 Å². The number of carbonyl (C=O) groups excluding carboxylic acids is 1. The van der Waals surface area contributed by atoms with Gasteiger partial charge in [-0.15, -0.1) is 0 Å². The van der Waals surface area contributed by atoms with Crippen LogP contribution in [0.5, 0.6) is 5.75 Å². The average molecular weight is 362 g/mol. The first kappa shape index (κ1) is 16.3. The maximum atomic E-state index is 12.4. The minimum Gasteiger partial charge on any atom is -0.485 e. The van der Waals surface area contributed by atoms with Gasteiger partial charge in [0.1, 0.15) is 6.10 Å². The highest BCUT2D eigenvalue weighted by molar-refractivity contribution is 6.29. The normalized spacial score (nSPS) is 20.3. The van der Waals surface area contributed by atoms with Gasteiger partial charge in [-0.05, 0) is 48.7 Å². The second-order valence-electron chi connectivity index (χ2n) is 6.40. The number of ether oxygens (including phenoxy) is 1. The summed E-state index contributed by atoms with van der Waals surface area (Å²) < 4.78 is 11.4. The van der Waals surface area contributed by atoms with Crippen LogP contribution in [0.3, 0.4) is 0 Å². The number of anilines is 1. The van der Waals surface area contributed by atoms with Crippen LogP contribution in [-0.4, -0.2) is 48.1 Å². The Balaban J connectivity index is 1.42. The maximum Gasteiger partial charge on any atom is 0.289 e. The highest BCUT2D eigenvalue weighted by Gasteiger charge is 2.30. The molecule has 0 N–H and O–H groups in total. The van der Waals surface area contributed by atoms with Crippen LogP contribution < -0.4 is 9.64 Å². The fraction of sp³-hybridized carbons (Fsp3) is 0.444. The van der Waals surface area contributed by atoms with Gasteiger partial charge in [0.15, 0.2) is 22.5 Å². The molecule has 0 unspecified atom stereocenters. The van der Waals surface area contributed by atoms with E-state index in [-0.39, 0.29) is 23.0 Å². The summed E-state index contributed by atoms with van der Waals surface area (Å²) in [7, 11) is 0. The molecule has 2 aliphatic heterocycles. The number of hydrogen-bond donors (Lipinski definition) is 0. The minimum atomic E-state index is -0.149. The Hall–Kier alpha value is -2.21. The van der Waals surface area contributed by atoms with Crippen molar-refractivity contribution < 1.29 is 13.9 Å². The molecule has 2 aromatic rings. The van der Waals surface area contributed by atoms with E-state index < -0.39 is 0 Å². The van der Waals surface area contributed by atoms with Gasteiger partial charge < -0.3 is 19.0 Å². The van der Waals surface area contributed by atoms with Crippen molar-refractivity contribution in [3.05, 3.63) is 41.4 Å². The molecule has 0 saturated carbocycles. The van der Waals surface area contributed by atoms with Gasteiger partial charge in [0.2, 0.25) is 0 Å². The third kappa shape index (κ3) is 3.44. The molecule has 1 amide bonds. The second-order valence-corrected chi connectivity index (χ2v) is 6.78. The van der Waals surface area contributed by atoms with Crippen molar-refractivity contribution in [1.29, 1.82) is 0 Å². The van der Waals surface area contributed by atoms with Crippen LogP contribution in [0.1, 0.15) is 29.8 Å². The molecule has 4 heterocycles. The van der Waals surface area contributed by atoms with E-state index in [4.69, 9.17) is 20.8 Å². The lowest BCUT2D eigenvalue weighted by Crippen LogP contribution is -2.31. The molecule has 2 fully saturated rings. The summed E-state index contributed by atoms with van der Waals surface area (Å²) in [5.74, 6) is 1.82. The lowest BCUT2D eigenvalue weighted by atomic mass is 10.3. The van der Waals surface area contributed by atoms with E-state index in [9.17, 15) is 4.79 Å². The first-order chi connectivity index (χ1) is 12.2. The van der Waals surface area contributed by atoms with E-state index in [1.54, 1.807) is 23.2 Å². The Morgan fingerprint density at radius 3 is 2.84 bits per heavy atom. The predicted octanol–water partition coefficient (Wildman–Crippen LogP) is 3.22. The molecule has 0 aliphatic carbocycles. The monoisotopic (exact) mass is 361 g/mol. The zero-order valence-corrected chi connectivity index (χ0v) is 14.6. The average Bonchev–Trinajstić information content (AvgIpc) is 3.36. The molecule has 132 valence electrons. The van der Waals surface area contributed by atoms with Gasteiger partial charge in [-0.1, -0.05) is 0 Å². The molecular formula is C18H20ClN3O3. The maximum absolute atomic E-state index is 12.4. The summed E-state index contributed by atoms with van der Waals surface area (Å²) in [4.78, 5) is 20.9. The predicted molar refractivity (Wildman–Crippen MR) is 94.3 cm³/mol. The summed E-state index contributed by atoms with van der Waals surface area (Å²) in [6.45, 7) is 3.20. The summed E-state index contributed by atoms with van der Waals surface area (Å²) in [6.07, 6.45) is 4.92. The van der Waals surface area contributed by atoms with Crippen molar-refractivity contribution in [2.45, 2.75) is 25.4 Å².